The maximum atomic E-state index is 12.4. The quantitative estimate of drug-likeness (QED) is 0.619. The molecule has 1 heterocycles. The molecule has 0 atom stereocenters. The number of rotatable bonds is 4. The second-order valence-corrected chi connectivity index (χ2v) is 6.16. The number of H-pyrrole nitrogens is 1. The fourth-order valence-electron chi connectivity index (χ4n) is 2.35. The Bertz CT molecular complexity index is 939. The van der Waals surface area contributed by atoms with Crippen LogP contribution in [-0.4, -0.2) is 33.3 Å². The molecule has 0 aliphatic heterocycles. The number of aromatic nitrogens is 3. The van der Waals surface area contributed by atoms with Crippen LogP contribution in [0.1, 0.15) is 15.9 Å². The normalized spacial score (nSPS) is 10.5. The molecule has 25 heavy (non-hydrogen) atoms. The van der Waals surface area contributed by atoms with E-state index in [1.165, 1.54) is 0 Å². The van der Waals surface area contributed by atoms with Gasteiger partial charge in [0.15, 0.2) is 5.82 Å². The molecule has 0 fully saturated rings. The standard InChI is InChI=1S/C17H15BrN4O3/c1-9-7-11(14(23)12(18)8-9)16(24)20-17-19-15(21-22-17)10-5-3-4-6-13(10)25-2/h3-8,23H,1-2H3,(H2,19,20,21,22,24). The predicted molar refractivity (Wildman–Crippen MR) is 96.9 cm³/mol. The highest BCUT2D eigenvalue weighted by Crippen LogP contribution is 2.30. The Morgan fingerprint density at radius 1 is 1.32 bits per heavy atom. The lowest BCUT2D eigenvalue weighted by Gasteiger charge is -2.07. The molecule has 128 valence electrons. The van der Waals surface area contributed by atoms with Crippen LogP contribution in [0.4, 0.5) is 5.95 Å². The summed E-state index contributed by atoms with van der Waals surface area (Å²) in [4.78, 5) is 16.7. The van der Waals surface area contributed by atoms with Crippen molar-refractivity contribution in [1.82, 2.24) is 15.2 Å². The topological polar surface area (TPSA) is 100 Å². The zero-order chi connectivity index (χ0) is 18.0. The minimum absolute atomic E-state index is 0.0999. The van der Waals surface area contributed by atoms with E-state index in [1.807, 2.05) is 25.1 Å². The number of para-hydroxylation sites is 1. The van der Waals surface area contributed by atoms with Crippen LogP contribution in [0.3, 0.4) is 0 Å². The Morgan fingerprint density at radius 3 is 2.84 bits per heavy atom. The highest BCUT2D eigenvalue weighted by Gasteiger charge is 2.17. The predicted octanol–water partition coefficient (Wildman–Crippen LogP) is 3.51. The number of anilines is 1. The fraction of sp³-hybridized carbons (Fsp3) is 0.118. The molecule has 3 N–H and O–H groups in total. The minimum atomic E-state index is -0.507. The third-order valence-corrected chi connectivity index (χ3v) is 4.13. The molecule has 2 aromatic carbocycles. The van der Waals surface area contributed by atoms with Gasteiger partial charge in [0, 0.05) is 0 Å². The number of carbonyl (C=O) groups excluding carboxylic acids is 1. The van der Waals surface area contributed by atoms with E-state index in [0.29, 0.717) is 16.0 Å². The maximum absolute atomic E-state index is 12.4. The summed E-state index contributed by atoms with van der Waals surface area (Å²) in [6.07, 6.45) is 0. The van der Waals surface area contributed by atoms with Crippen molar-refractivity contribution in [2.45, 2.75) is 6.92 Å². The third-order valence-electron chi connectivity index (χ3n) is 3.53. The summed E-state index contributed by atoms with van der Waals surface area (Å²) in [6.45, 7) is 1.83. The number of ether oxygens (including phenoxy) is 1. The highest BCUT2D eigenvalue weighted by molar-refractivity contribution is 9.10. The molecule has 1 aromatic heterocycles. The molecule has 1 amide bonds. The number of benzene rings is 2. The Morgan fingerprint density at radius 2 is 2.08 bits per heavy atom. The Labute approximate surface area is 152 Å². The van der Waals surface area contributed by atoms with Crippen molar-refractivity contribution in [3.63, 3.8) is 0 Å². The smallest absolute Gasteiger partial charge is 0.261 e. The van der Waals surface area contributed by atoms with Crippen LogP contribution < -0.4 is 10.1 Å². The first kappa shape index (κ1) is 17.0. The third kappa shape index (κ3) is 3.48. The second-order valence-electron chi connectivity index (χ2n) is 5.30. The molecular formula is C17H15BrN4O3. The molecule has 3 rings (SSSR count). The van der Waals surface area contributed by atoms with Gasteiger partial charge in [-0.2, -0.15) is 4.98 Å². The van der Waals surface area contributed by atoms with E-state index in [4.69, 9.17) is 4.74 Å². The first-order valence-electron chi connectivity index (χ1n) is 7.36. The lowest BCUT2D eigenvalue weighted by molar-refractivity contribution is 0.102. The van der Waals surface area contributed by atoms with E-state index in [0.717, 1.165) is 11.1 Å². The van der Waals surface area contributed by atoms with Crippen LogP contribution >= 0.6 is 15.9 Å². The molecule has 8 heteroatoms. The van der Waals surface area contributed by atoms with Crippen molar-refractivity contribution in [1.29, 1.82) is 0 Å². The molecule has 0 spiro atoms. The van der Waals surface area contributed by atoms with Crippen LogP contribution in [0, 0.1) is 6.92 Å². The molecule has 7 nitrogen and oxygen atoms in total. The van der Waals surface area contributed by atoms with Crippen molar-refractivity contribution >= 4 is 27.8 Å². The van der Waals surface area contributed by atoms with Crippen LogP contribution in [0.2, 0.25) is 0 Å². The van der Waals surface area contributed by atoms with Crippen molar-refractivity contribution in [2.75, 3.05) is 12.4 Å². The average molecular weight is 403 g/mol. The number of phenols is 1. The number of halogens is 1. The summed E-state index contributed by atoms with van der Waals surface area (Å²) in [5.74, 6) is 0.554. The summed E-state index contributed by atoms with van der Waals surface area (Å²) in [5, 5.41) is 19.4. The minimum Gasteiger partial charge on any atom is -0.506 e. The van der Waals surface area contributed by atoms with Crippen LogP contribution in [0.25, 0.3) is 11.4 Å². The molecule has 0 aliphatic rings. The first-order chi connectivity index (χ1) is 12.0. The summed E-state index contributed by atoms with van der Waals surface area (Å²) in [6, 6.07) is 10.6. The van der Waals surface area contributed by atoms with Gasteiger partial charge in [-0.15, -0.1) is 5.10 Å². The molecule has 3 aromatic rings. The van der Waals surface area contributed by atoms with Crippen molar-refractivity contribution in [3.8, 4) is 22.9 Å². The first-order valence-corrected chi connectivity index (χ1v) is 8.15. The second kappa shape index (κ2) is 6.94. The molecule has 0 bridgehead atoms. The Hall–Kier alpha value is -2.87. The van der Waals surface area contributed by atoms with Crippen LogP contribution in [0.15, 0.2) is 40.9 Å². The molecule has 0 unspecified atom stereocenters. The van der Waals surface area contributed by atoms with E-state index < -0.39 is 5.91 Å². The largest absolute Gasteiger partial charge is 0.506 e. The summed E-state index contributed by atoms with van der Waals surface area (Å²) in [5.41, 5.74) is 1.69. The maximum Gasteiger partial charge on any atom is 0.261 e. The Kier molecular flexibility index (Phi) is 4.71. The number of carbonyl (C=O) groups is 1. The zero-order valence-electron chi connectivity index (χ0n) is 13.5. The van der Waals surface area contributed by atoms with E-state index in [-0.39, 0.29) is 17.3 Å². The van der Waals surface area contributed by atoms with Crippen molar-refractivity contribution in [2.24, 2.45) is 0 Å². The lowest BCUT2D eigenvalue weighted by atomic mass is 10.1. The van der Waals surface area contributed by atoms with E-state index in [2.05, 4.69) is 36.4 Å². The van der Waals surface area contributed by atoms with Crippen LogP contribution in [-0.2, 0) is 0 Å². The number of hydrogen-bond donors (Lipinski definition) is 3. The highest BCUT2D eigenvalue weighted by atomic mass is 79.9. The molecule has 0 saturated heterocycles. The monoisotopic (exact) mass is 402 g/mol. The Balaban J connectivity index is 1.86. The van der Waals surface area contributed by atoms with E-state index in [1.54, 1.807) is 25.3 Å². The van der Waals surface area contributed by atoms with Gasteiger partial charge in [0.25, 0.3) is 5.91 Å². The van der Waals surface area contributed by atoms with Gasteiger partial charge in [-0.25, -0.2) is 0 Å². The fourth-order valence-corrected chi connectivity index (χ4v) is 2.93. The van der Waals surface area contributed by atoms with Crippen molar-refractivity contribution in [3.05, 3.63) is 52.0 Å². The number of phenolic OH excluding ortho intramolecular Hbond substituents is 1. The number of aromatic amines is 1. The number of methoxy groups -OCH3 is 1. The number of amides is 1. The number of nitrogens with one attached hydrogen (secondary N) is 2. The van der Waals surface area contributed by atoms with Gasteiger partial charge in [-0.3, -0.25) is 15.2 Å². The van der Waals surface area contributed by atoms with Gasteiger partial charge in [0.05, 0.1) is 22.7 Å². The van der Waals surface area contributed by atoms with Gasteiger partial charge in [0.1, 0.15) is 11.5 Å². The van der Waals surface area contributed by atoms with Gasteiger partial charge in [-0.05, 0) is 52.7 Å². The van der Waals surface area contributed by atoms with E-state index >= 15 is 0 Å². The van der Waals surface area contributed by atoms with Gasteiger partial charge in [-0.1, -0.05) is 12.1 Å². The lowest BCUT2D eigenvalue weighted by Crippen LogP contribution is -2.13. The van der Waals surface area contributed by atoms with Gasteiger partial charge >= 0.3 is 0 Å². The van der Waals surface area contributed by atoms with E-state index in [9.17, 15) is 9.90 Å². The molecular weight excluding hydrogens is 388 g/mol. The van der Waals surface area contributed by atoms with Crippen LogP contribution in [0.5, 0.6) is 11.5 Å². The molecule has 0 radical (unpaired) electrons. The van der Waals surface area contributed by atoms with Crippen molar-refractivity contribution < 1.29 is 14.6 Å². The number of aromatic hydroxyl groups is 1. The zero-order valence-corrected chi connectivity index (χ0v) is 15.1. The number of aryl methyl sites for hydroxylation is 1. The summed E-state index contributed by atoms with van der Waals surface area (Å²) < 4.78 is 5.73. The molecule has 0 aliphatic carbocycles. The average Bonchev–Trinajstić information content (AvgIpc) is 3.06. The SMILES string of the molecule is COc1ccccc1-c1nc(NC(=O)c2cc(C)cc(Br)c2O)n[nH]1. The van der Waals surface area contributed by atoms with Gasteiger partial charge < -0.3 is 9.84 Å². The summed E-state index contributed by atoms with van der Waals surface area (Å²) in [7, 11) is 1.57. The molecule has 0 saturated carbocycles. The number of nitrogens with zero attached hydrogens (tertiary/aromatic N) is 2. The van der Waals surface area contributed by atoms with Gasteiger partial charge in [0.2, 0.25) is 5.95 Å². The summed E-state index contributed by atoms with van der Waals surface area (Å²) >= 11 is 3.22. The number of hydrogen-bond acceptors (Lipinski definition) is 5.